The zero-order valence-corrected chi connectivity index (χ0v) is 17.2. The first-order valence-electron chi connectivity index (χ1n) is 8.81. The Bertz CT molecular complexity index is 935. The summed E-state index contributed by atoms with van der Waals surface area (Å²) in [5.74, 6) is -0.634. The Balaban J connectivity index is 2.09. The average molecular weight is 417 g/mol. The van der Waals surface area contributed by atoms with E-state index in [1.165, 1.54) is 26.2 Å². The second-order valence-electron chi connectivity index (χ2n) is 6.38. The topological polar surface area (TPSA) is 97.6 Å². The van der Waals surface area contributed by atoms with Crippen LogP contribution in [0.2, 0.25) is 5.02 Å². The molecule has 2 rings (SSSR count). The summed E-state index contributed by atoms with van der Waals surface area (Å²) >= 11 is 6.22. The fourth-order valence-corrected chi connectivity index (χ4v) is 2.60. The third kappa shape index (κ3) is 5.87. The molecule has 0 radical (unpaired) electrons. The first kappa shape index (κ1) is 22.1. The highest BCUT2D eigenvalue weighted by Gasteiger charge is 2.22. The zero-order valence-electron chi connectivity index (χ0n) is 16.5. The van der Waals surface area contributed by atoms with E-state index in [4.69, 9.17) is 31.1 Å². The van der Waals surface area contributed by atoms with E-state index in [1.807, 2.05) is 19.9 Å². The summed E-state index contributed by atoms with van der Waals surface area (Å²) in [6.45, 7) is 5.13. The quantitative estimate of drug-likeness (QED) is 0.679. The van der Waals surface area contributed by atoms with Gasteiger partial charge >= 0.3 is 5.97 Å². The van der Waals surface area contributed by atoms with Gasteiger partial charge in [0.1, 0.15) is 0 Å². The number of anilines is 1. The molecule has 0 fully saturated rings. The Kier molecular flexibility index (Phi) is 7.46. The third-order valence-corrected chi connectivity index (χ3v) is 4.03. The normalized spacial score (nSPS) is 11.3. The Morgan fingerprint density at radius 2 is 1.79 bits per heavy atom. The van der Waals surface area contributed by atoms with E-state index in [-0.39, 0.29) is 22.4 Å². The van der Waals surface area contributed by atoms with Crippen molar-refractivity contribution >= 4 is 29.2 Å². The first-order chi connectivity index (χ1) is 13.7. The van der Waals surface area contributed by atoms with Crippen molar-refractivity contribution in [2.75, 3.05) is 12.4 Å². The molecule has 1 atom stereocenters. The molecule has 0 spiro atoms. The van der Waals surface area contributed by atoms with Crippen LogP contribution in [0.5, 0.6) is 11.5 Å². The highest BCUT2D eigenvalue weighted by Crippen LogP contribution is 2.37. The highest BCUT2D eigenvalue weighted by molar-refractivity contribution is 6.32. The van der Waals surface area contributed by atoms with Crippen molar-refractivity contribution in [2.45, 2.75) is 33.0 Å². The van der Waals surface area contributed by atoms with Gasteiger partial charge < -0.3 is 19.5 Å². The Labute approximate surface area is 174 Å². The molecule has 29 heavy (non-hydrogen) atoms. The number of carbonyl (C=O) groups is 2. The van der Waals surface area contributed by atoms with E-state index in [9.17, 15) is 9.59 Å². The number of rotatable bonds is 7. The van der Waals surface area contributed by atoms with Gasteiger partial charge in [0.15, 0.2) is 17.6 Å². The van der Waals surface area contributed by atoms with Crippen LogP contribution in [0, 0.1) is 11.3 Å². The van der Waals surface area contributed by atoms with Crippen LogP contribution >= 0.6 is 11.6 Å². The molecule has 0 saturated heterocycles. The Morgan fingerprint density at radius 3 is 2.34 bits per heavy atom. The van der Waals surface area contributed by atoms with Gasteiger partial charge in [-0.3, -0.25) is 4.79 Å². The maximum absolute atomic E-state index is 12.5. The standard InChI is InChI=1S/C21H21ClN2O5/c1-12(2)28-19-17(22)9-15(10-18(19)27-4)21(26)29-13(3)20(25)24-16-7-5-14(11-23)6-8-16/h5-10,12-13H,1-4H3,(H,24,25)/t13-/m0/s1. The minimum atomic E-state index is -1.06. The van der Waals surface area contributed by atoms with Crippen LogP contribution < -0.4 is 14.8 Å². The average Bonchev–Trinajstić information content (AvgIpc) is 2.69. The molecule has 7 nitrogen and oxygen atoms in total. The van der Waals surface area contributed by atoms with Gasteiger partial charge in [0.05, 0.1) is 35.4 Å². The number of benzene rings is 2. The van der Waals surface area contributed by atoms with E-state index >= 15 is 0 Å². The lowest BCUT2D eigenvalue weighted by Crippen LogP contribution is -2.30. The summed E-state index contributed by atoms with van der Waals surface area (Å²) in [6, 6.07) is 11.1. The first-order valence-corrected chi connectivity index (χ1v) is 9.19. The molecule has 0 bridgehead atoms. The van der Waals surface area contributed by atoms with Crippen molar-refractivity contribution in [3.63, 3.8) is 0 Å². The van der Waals surface area contributed by atoms with Crippen LogP contribution in [0.1, 0.15) is 36.7 Å². The van der Waals surface area contributed by atoms with Crippen molar-refractivity contribution in [3.8, 4) is 17.6 Å². The van der Waals surface area contributed by atoms with E-state index < -0.39 is 18.0 Å². The van der Waals surface area contributed by atoms with Gasteiger partial charge in [-0.2, -0.15) is 5.26 Å². The number of hydrogen-bond acceptors (Lipinski definition) is 6. The predicted octanol–water partition coefficient (Wildman–Crippen LogP) is 4.19. The lowest BCUT2D eigenvalue weighted by atomic mass is 10.2. The second kappa shape index (κ2) is 9.80. The third-order valence-electron chi connectivity index (χ3n) is 3.75. The van der Waals surface area contributed by atoms with Gasteiger partial charge in [0.25, 0.3) is 5.91 Å². The zero-order chi connectivity index (χ0) is 21.6. The van der Waals surface area contributed by atoms with Crippen LogP contribution in [0.3, 0.4) is 0 Å². The summed E-state index contributed by atoms with van der Waals surface area (Å²) in [7, 11) is 1.43. The number of methoxy groups -OCH3 is 1. The fraction of sp³-hybridized carbons (Fsp3) is 0.286. The number of nitrogens with zero attached hydrogens (tertiary/aromatic N) is 1. The van der Waals surface area contributed by atoms with Crippen molar-refractivity contribution in [1.29, 1.82) is 5.26 Å². The Morgan fingerprint density at radius 1 is 1.14 bits per heavy atom. The van der Waals surface area contributed by atoms with Crippen molar-refractivity contribution < 1.29 is 23.8 Å². The maximum Gasteiger partial charge on any atom is 0.339 e. The molecule has 152 valence electrons. The molecule has 2 aromatic carbocycles. The van der Waals surface area contributed by atoms with E-state index in [1.54, 1.807) is 24.3 Å². The van der Waals surface area contributed by atoms with Gasteiger partial charge in [0.2, 0.25) is 0 Å². The number of ether oxygens (including phenoxy) is 3. The summed E-state index contributed by atoms with van der Waals surface area (Å²) in [4.78, 5) is 24.7. The lowest BCUT2D eigenvalue weighted by Gasteiger charge is -2.17. The number of hydrogen-bond donors (Lipinski definition) is 1. The molecular formula is C21H21ClN2O5. The molecule has 0 aliphatic heterocycles. The highest BCUT2D eigenvalue weighted by atomic mass is 35.5. The molecule has 0 saturated carbocycles. The molecule has 0 aliphatic rings. The van der Waals surface area contributed by atoms with Crippen LogP contribution in [0.25, 0.3) is 0 Å². The van der Waals surface area contributed by atoms with Gasteiger partial charge in [-0.25, -0.2) is 4.79 Å². The number of amides is 1. The molecular weight excluding hydrogens is 396 g/mol. The SMILES string of the molecule is COc1cc(C(=O)O[C@@H](C)C(=O)Nc2ccc(C#N)cc2)cc(Cl)c1OC(C)C. The molecule has 1 N–H and O–H groups in total. The number of esters is 1. The van der Waals surface area contributed by atoms with Crippen LogP contribution in [-0.4, -0.2) is 31.2 Å². The molecule has 0 aromatic heterocycles. The smallest absolute Gasteiger partial charge is 0.339 e. The van der Waals surface area contributed by atoms with Gasteiger partial charge in [-0.05, 0) is 57.2 Å². The van der Waals surface area contributed by atoms with E-state index in [0.717, 1.165) is 0 Å². The van der Waals surface area contributed by atoms with Gasteiger partial charge in [-0.1, -0.05) is 11.6 Å². The summed E-state index contributed by atoms with van der Waals surface area (Å²) in [5.41, 5.74) is 1.08. The molecule has 0 heterocycles. The van der Waals surface area contributed by atoms with Crippen molar-refractivity contribution in [2.24, 2.45) is 0 Å². The fourth-order valence-electron chi connectivity index (χ4n) is 2.34. The van der Waals surface area contributed by atoms with Gasteiger partial charge in [-0.15, -0.1) is 0 Å². The van der Waals surface area contributed by atoms with E-state index in [2.05, 4.69) is 5.32 Å². The minimum Gasteiger partial charge on any atom is -0.493 e. The second-order valence-corrected chi connectivity index (χ2v) is 6.79. The number of halogens is 1. The predicted molar refractivity (Wildman–Crippen MR) is 108 cm³/mol. The largest absolute Gasteiger partial charge is 0.493 e. The molecule has 8 heteroatoms. The molecule has 0 aliphatic carbocycles. The maximum atomic E-state index is 12.5. The lowest BCUT2D eigenvalue weighted by molar-refractivity contribution is -0.123. The summed E-state index contributed by atoms with van der Waals surface area (Å²) in [6.07, 6.45) is -1.19. The molecule has 0 unspecified atom stereocenters. The van der Waals surface area contributed by atoms with E-state index in [0.29, 0.717) is 17.0 Å². The number of carbonyl (C=O) groups excluding carboxylic acids is 2. The summed E-state index contributed by atoms with van der Waals surface area (Å²) in [5, 5.41) is 11.6. The van der Waals surface area contributed by atoms with Crippen molar-refractivity contribution in [1.82, 2.24) is 0 Å². The number of nitrogens with one attached hydrogen (secondary N) is 1. The number of nitriles is 1. The van der Waals surface area contributed by atoms with Crippen LogP contribution in [0.15, 0.2) is 36.4 Å². The minimum absolute atomic E-state index is 0.126. The molecule has 1 amide bonds. The van der Waals surface area contributed by atoms with Crippen molar-refractivity contribution in [3.05, 3.63) is 52.5 Å². The monoisotopic (exact) mass is 416 g/mol. The van der Waals surface area contributed by atoms with Crippen LogP contribution in [0.4, 0.5) is 5.69 Å². The van der Waals surface area contributed by atoms with Crippen LogP contribution in [-0.2, 0) is 9.53 Å². The molecule has 2 aromatic rings. The summed E-state index contributed by atoms with van der Waals surface area (Å²) < 4.78 is 16.1. The van der Waals surface area contributed by atoms with Gasteiger partial charge in [0, 0.05) is 5.69 Å². The Hall–Kier alpha value is -3.24.